The van der Waals surface area contributed by atoms with Gasteiger partial charge < -0.3 is 14.2 Å². The van der Waals surface area contributed by atoms with Crippen LogP contribution in [-0.2, 0) is 11.9 Å². The van der Waals surface area contributed by atoms with E-state index in [2.05, 4.69) is 31.9 Å². The van der Waals surface area contributed by atoms with Crippen molar-refractivity contribution in [1.82, 2.24) is 0 Å². The molecule has 5 heteroatoms. The van der Waals surface area contributed by atoms with Gasteiger partial charge in [0.15, 0.2) is 0 Å². The fraction of sp³-hybridized carbons (Fsp3) is 0.250. The van der Waals surface area contributed by atoms with E-state index in [9.17, 15) is 0 Å². The van der Waals surface area contributed by atoms with E-state index in [-0.39, 0.29) is 0 Å². The quantitative estimate of drug-likeness (QED) is 0.625. The predicted octanol–water partition coefficient (Wildman–Crippen LogP) is 4.94. The average Bonchev–Trinajstić information content (AvgIpc) is 2.52. The lowest BCUT2D eigenvalue weighted by atomic mass is 10.2. The fourth-order valence-corrected chi connectivity index (χ4v) is 2.92. The summed E-state index contributed by atoms with van der Waals surface area (Å²) in [6.45, 7) is 0.482. The predicted molar refractivity (Wildman–Crippen MR) is 90.7 cm³/mol. The van der Waals surface area contributed by atoms with Gasteiger partial charge >= 0.3 is 0 Å². The molecule has 21 heavy (non-hydrogen) atoms. The van der Waals surface area contributed by atoms with Gasteiger partial charge in [0.1, 0.15) is 23.9 Å². The summed E-state index contributed by atoms with van der Waals surface area (Å²) >= 11 is 6.94. The highest BCUT2D eigenvalue weighted by atomic mass is 79.9. The molecule has 0 heterocycles. The van der Waals surface area contributed by atoms with Crippen LogP contribution in [0.15, 0.2) is 40.9 Å². The molecule has 0 aromatic heterocycles. The van der Waals surface area contributed by atoms with Gasteiger partial charge in [0.25, 0.3) is 0 Å². The maximum Gasteiger partial charge on any atom is 0.133 e. The van der Waals surface area contributed by atoms with Gasteiger partial charge in [0.05, 0.1) is 18.7 Å². The number of hydrogen-bond donors (Lipinski definition) is 0. The van der Waals surface area contributed by atoms with Crippen molar-refractivity contribution < 1.29 is 14.2 Å². The van der Waals surface area contributed by atoms with Crippen molar-refractivity contribution in [3.63, 3.8) is 0 Å². The summed E-state index contributed by atoms with van der Waals surface area (Å²) in [6.07, 6.45) is 0. The lowest BCUT2D eigenvalue weighted by Crippen LogP contribution is -1.99. The third-order valence-corrected chi connectivity index (χ3v) is 4.25. The Bertz CT molecular complexity index is 614. The van der Waals surface area contributed by atoms with Crippen LogP contribution in [0.2, 0.25) is 0 Å². The Balaban J connectivity index is 2.13. The topological polar surface area (TPSA) is 27.7 Å². The van der Waals surface area contributed by atoms with Crippen molar-refractivity contribution in [1.29, 1.82) is 0 Å². The van der Waals surface area contributed by atoms with Crippen LogP contribution in [0.25, 0.3) is 0 Å². The molecule has 0 amide bonds. The van der Waals surface area contributed by atoms with Crippen LogP contribution in [0, 0.1) is 0 Å². The summed E-state index contributed by atoms with van der Waals surface area (Å²) < 4.78 is 17.3. The molecule has 0 spiro atoms. The van der Waals surface area contributed by atoms with Crippen LogP contribution in [-0.4, -0.2) is 14.2 Å². The monoisotopic (exact) mass is 414 g/mol. The molecule has 2 rings (SSSR count). The zero-order valence-corrected chi connectivity index (χ0v) is 15.0. The molecule has 2 aromatic carbocycles. The number of halogens is 2. The minimum Gasteiger partial charge on any atom is -0.497 e. The first-order valence-electron chi connectivity index (χ1n) is 6.36. The van der Waals surface area contributed by atoms with Gasteiger partial charge in [-0.15, -0.1) is 0 Å². The Hall–Kier alpha value is -1.20. The van der Waals surface area contributed by atoms with Gasteiger partial charge in [0.2, 0.25) is 0 Å². The zero-order chi connectivity index (χ0) is 15.2. The van der Waals surface area contributed by atoms with E-state index in [0.717, 1.165) is 38.2 Å². The first kappa shape index (κ1) is 16.2. The van der Waals surface area contributed by atoms with E-state index in [4.69, 9.17) is 14.2 Å². The van der Waals surface area contributed by atoms with E-state index in [1.807, 2.05) is 36.4 Å². The molecule has 0 aliphatic rings. The third kappa shape index (κ3) is 4.14. The minimum absolute atomic E-state index is 0.482. The van der Waals surface area contributed by atoms with Gasteiger partial charge in [-0.25, -0.2) is 0 Å². The van der Waals surface area contributed by atoms with Crippen molar-refractivity contribution in [3.05, 3.63) is 52.0 Å². The first-order chi connectivity index (χ1) is 10.2. The van der Waals surface area contributed by atoms with Gasteiger partial charge in [-0.2, -0.15) is 0 Å². The number of ether oxygens (including phenoxy) is 3. The molecule has 0 unspecified atom stereocenters. The van der Waals surface area contributed by atoms with Gasteiger partial charge in [-0.3, -0.25) is 0 Å². The van der Waals surface area contributed by atoms with Crippen molar-refractivity contribution in [3.8, 4) is 17.2 Å². The van der Waals surface area contributed by atoms with Crippen molar-refractivity contribution >= 4 is 31.9 Å². The Morgan fingerprint density at radius 3 is 2.38 bits per heavy atom. The van der Waals surface area contributed by atoms with Crippen LogP contribution in [0.3, 0.4) is 0 Å². The van der Waals surface area contributed by atoms with Gasteiger partial charge in [-0.05, 0) is 39.7 Å². The number of alkyl halides is 1. The van der Waals surface area contributed by atoms with Crippen LogP contribution >= 0.6 is 31.9 Å². The molecule has 0 bridgehead atoms. The summed E-state index contributed by atoms with van der Waals surface area (Å²) in [5, 5.41) is 0.735. The molecule has 0 aliphatic heterocycles. The molecule has 2 aromatic rings. The average molecular weight is 416 g/mol. The van der Waals surface area contributed by atoms with Crippen LogP contribution < -0.4 is 14.2 Å². The molecule has 0 N–H and O–H groups in total. The summed E-state index contributed by atoms with van der Waals surface area (Å²) in [7, 11) is 3.29. The SMILES string of the molecule is COc1ccc(CBr)c(OCc2ccc(OC)c(Br)c2)c1. The highest BCUT2D eigenvalue weighted by Crippen LogP contribution is 2.29. The molecule has 0 fully saturated rings. The second-order valence-electron chi connectivity index (χ2n) is 4.36. The van der Waals surface area contributed by atoms with Crippen LogP contribution in [0.5, 0.6) is 17.2 Å². The number of hydrogen-bond acceptors (Lipinski definition) is 3. The maximum absolute atomic E-state index is 5.91. The Labute approximate surface area is 141 Å². The van der Waals surface area contributed by atoms with E-state index in [0.29, 0.717) is 6.61 Å². The normalized spacial score (nSPS) is 10.3. The number of rotatable bonds is 6. The van der Waals surface area contributed by atoms with Crippen molar-refractivity contribution in [2.75, 3.05) is 14.2 Å². The summed E-state index contributed by atoms with van der Waals surface area (Å²) in [5.74, 6) is 2.41. The zero-order valence-electron chi connectivity index (χ0n) is 11.9. The summed E-state index contributed by atoms with van der Waals surface area (Å²) in [5.41, 5.74) is 2.15. The van der Waals surface area contributed by atoms with Gasteiger partial charge in [-0.1, -0.05) is 28.1 Å². The smallest absolute Gasteiger partial charge is 0.133 e. The maximum atomic E-state index is 5.91. The molecule has 0 saturated heterocycles. The van der Waals surface area contributed by atoms with Crippen LogP contribution in [0.4, 0.5) is 0 Å². The Kier molecular flexibility index (Phi) is 5.94. The molecule has 112 valence electrons. The first-order valence-corrected chi connectivity index (χ1v) is 8.27. The Morgan fingerprint density at radius 2 is 1.76 bits per heavy atom. The van der Waals surface area contributed by atoms with E-state index in [1.54, 1.807) is 14.2 Å². The van der Waals surface area contributed by atoms with Crippen molar-refractivity contribution in [2.45, 2.75) is 11.9 Å². The highest BCUT2D eigenvalue weighted by molar-refractivity contribution is 9.10. The van der Waals surface area contributed by atoms with Crippen LogP contribution in [0.1, 0.15) is 11.1 Å². The molecule has 0 atom stereocenters. The summed E-state index contributed by atoms with van der Waals surface area (Å²) in [4.78, 5) is 0. The lowest BCUT2D eigenvalue weighted by Gasteiger charge is -2.12. The number of methoxy groups -OCH3 is 2. The van der Waals surface area contributed by atoms with Gasteiger partial charge in [0, 0.05) is 17.0 Å². The molecular weight excluding hydrogens is 400 g/mol. The number of benzene rings is 2. The second-order valence-corrected chi connectivity index (χ2v) is 5.78. The molecule has 0 saturated carbocycles. The lowest BCUT2D eigenvalue weighted by molar-refractivity contribution is 0.301. The molecular formula is C16H16Br2O3. The third-order valence-electron chi connectivity index (χ3n) is 3.03. The molecule has 0 aliphatic carbocycles. The molecule has 0 radical (unpaired) electrons. The second kappa shape index (κ2) is 7.71. The largest absolute Gasteiger partial charge is 0.497 e. The Morgan fingerprint density at radius 1 is 0.952 bits per heavy atom. The standard InChI is InChI=1S/C16H16Br2O3/c1-19-13-5-4-12(9-17)16(8-13)21-10-11-3-6-15(20-2)14(18)7-11/h3-8H,9-10H2,1-2H3. The van der Waals surface area contributed by atoms with Crippen molar-refractivity contribution in [2.24, 2.45) is 0 Å². The van der Waals surface area contributed by atoms with E-state index in [1.165, 1.54) is 0 Å². The van der Waals surface area contributed by atoms with E-state index >= 15 is 0 Å². The highest BCUT2D eigenvalue weighted by Gasteiger charge is 2.07. The minimum atomic E-state index is 0.482. The van der Waals surface area contributed by atoms with E-state index < -0.39 is 0 Å². The summed E-state index contributed by atoms with van der Waals surface area (Å²) in [6, 6.07) is 11.7. The fourth-order valence-electron chi connectivity index (χ4n) is 1.87. The molecule has 3 nitrogen and oxygen atoms in total.